The first-order chi connectivity index (χ1) is 15.6. The van der Waals surface area contributed by atoms with E-state index in [1.165, 1.54) is 32.2 Å². The van der Waals surface area contributed by atoms with E-state index in [4.69, 9.17) is 9.26 Å². The molecule has 3 rings (SSSR count). The highest BCUT2D eigenvalue weighted by atomic mass is 79.9. The van der Waals surface area contributed by atoms with Crippen LogP contribution in [0.15, 0.2) is 56.4 Å². The van der Waals surface area contributed by atoms with Crippen molar-refractivity contribution in [3.8, 4) is 17.1 Å². The van der Waals surface area contributed by atoms with Crippen molar-refractivity contribution < 1.29 is 22.5 Å². The van der Waals surface area contributed by atoms with Crippen molar-refractivity contribution in [2.75, 3.05) is 28.3 Å². The number of sulfonamides is 1. The van der Waals surface area contributed by atoms with Crippen molar-refractivity contribution in [2.24, 2.45) is 0 Å². The summed E-state index contributed by atoms with van der Waals surface area (Å²) < 4.78 is 37.6. The fourth-order valence-corrected chi connectivity index (χ4v) is 4.46. The highest BCUT2D eigenvalue weighted by molar-refractivity contribution is 9.10. The zero-order valence-electron chi connectivity index (χ0n) is 18.8. The summed E-state index contributed by atoms with van der Waals surface area (Å²) in [6, 6.07) is 12.2. The topological polar surface area (TPSA) is 106 Å². The van der Waals surface area contributed by atoms with Crippen LogP contribution in [0.3, 0.4) is 0 Å². The van der Waals surface area contributed by atoms with Crippen molar-refractivity contribution in [1.82, 2.24) is 19.3 Å². The van der Waals surface area contributed by atoms with Gasteiger partial charge in [0.15, 0.2) is 0 Å². The summed E-state index contributed by atoms with van der Waals surface area (Å²) in [5.41, 5.74) is 1.44. The van der Waals surface area contributed by atoms with Gasteiger partial charge in [0.05, 0.1) is 18.6 Å². The van der Waals surface area contributed by atoms with Crippen LogP contribution in [-0.4, -0.2) is 61.9 Å². The number of carbonyl (C=O) groups is 1. The van der Waals surface area contributed by atoms with Gasteiger partial charge in [-0.25, -0.2) is 12.7 Å². The van der Waals surface area contributed by atoms with Gasteiger partial charge in [0, 0.05) is 37.6 Å². The van der Waals surface area contributed by atoms with Crippen LogP contribution in [0.5, 0.6) is 5.75 Å². The largest absolute Gasteiger partial charge is 0.496 e. The first kappa shape index (κ1) is 24.9. The molecule has 0 atom stereocenters. The van der Waals surface area contributed by atoms with Crippen molar-refractivity contribution in [1.29, 1.82) is 0 Å². The third kappa shape index (κ3) is 5.98. The molecule has 1 amide bonds. The lowest BCUT2D eigenvalue weighted by Crippen LogP contribution is -2.26. The maximum Gasteiger partial charge on any atom is 0.246 e. The summed E-state index contributed by atoms with van der Waals surface area (Å²) >= 11 is 3.41. The Labute approximate surface area is 201 Å². The molecule has 3 aromatic rings. The van der Waals surface area contributed by atoms with Gasteiger partial charge in [-0.15, -0.1) is 0 Å². The summed E-state index contributed by atoms with van der Waals surface area (Å²) in [5, 5.41) is 3.98. The minimum atomic E-state index is -3.59. The molecule has 33 heavy (non-hydrogen) atoms. The molecule has 11 heteroatoms. The fourth-order valence-electron chi connectivity index (χ4n) is 3.11. The molecule has 176 valence electrons. The summed E-state index contributed by atoms with van der Waals surface area (Å²) in [6.07, 6.45) is 0.473. The Morgan fingerprint density at radius 2 is 1.91 bits per heavy atom. The second kappa shape index (κ2) is 10.4. The van der Waals surface area contributed by atoms with Crippen LogP contribution in [0.25, 0.3) is 11.4 Å². The van der Waals surface area contributed by atoms with Gasteiger partial charge >= 0.3 is 0 Å². The van der Waals surface area contributed by atoms with Crippen molar-refractivity contribution in [2.45, 2.75) is 24.3 Å². The molecular weight excluding hydrogens is 512 g/mol. The highest BCUT2D eigenvalue weighted by Gasteiger charge is 2.20. The van der Waals surface area contributed by atoms with E-state index in [9.17, 15) is 13.2 Å². The number of rotatable bonds is 9. The summed E-state index contributed by atoms with van der Waals surface area (Å²) in [6.45, 7) is 0.159. The van der Waals surface area contributed by atoms with Gasteiger partial charge in [0.1, 0.15) is 5.75 Å². The molecular formula is C22H25BrN4O5S. The number of nitrogens with zero attached hydrogens (tertiary/aromatic N) is 4. The van der Waals surface area contributed by atoms with E-state index in [0.717, 1.165) is 14.3 Å². The molecule has 0 aliphatic carbocycles. The predicted molar refractivity (Wildman–Crippen MR) is 126 cm³/mol. The smallest absolute Gasteiger partial charge is 0.246 e. The third-order valence-electron chi connectivity index (χ3n) is 4.99. The van der Waals surface area contributed by atoms with E-state index in [1.54, 1.807) is 19.2 Å². The quantitative estimate of drug-likeness (QED) is 0.412. The van der Waals surface area contributed by atoms with Crippen LogP contribution in [0.4, 0.5) is 0 Å². The predicted octanol–water partition coefficient (Wildman–Crippen LogP) is 3.35. The zero-order valence-corrected chi connectivity index (χ0v) is 21.2. The van der Waals surface area contributed by atoms with E-state index in [1.807, 2.05) is 24.3 Å². The SMILES string of the molecule is COc1ccc(S(=O)(=O)N(C)C)cc1CCC(=O)N(C)Cc1nc(-c2cccc(Br)c2)no1. The van der Waals surface area contributed by atoms with Crippen LogP contribution in [0, 0.1) is 0 Å². The van der Waals surface area contributed by atoms with E-state index in [2.05, 4.69) is 26.1 Å². The molecule has 0 saturated carbocycles. The average Bonchev–Trinajstić information content (AvgIpc) is 3.25. The maximum atomic E-state index is 12.7. The lowest BCUT2D eigenvalue weighted by atomic mass is 10.1. The van der Waals surface area contributed by atoms with Crippen LogP contribution in [-0.2, 0) is 27.8 Å². The molecule has 0 aliphatic heterocycles. The number of benzene rings is 2. The Bertz CT molecular complexity index is 1240. The van der Waals surface area contributed by atoms with Gasteiger partial charge in [-0.1, -0.05) is 33.2 Å². The molecule has 9 nitrogen and oxygen atoms in total. The fraction of sp³-hybridized carbons (Fsp3) is 0.318. The average molecular weight is 537 g/mol. The molecule has 0 spiro atoms. The number of aromatic nitrogens is 2. The molecule has 0 aliphatic rings. The Balaban J connectivity index is 1.66. The summed E-state index contributed by atoms with van der Waals surface area (Å²) in [4.78, 5) is 18.7. The Kier molecular flexibility index (Phi) is 7.88. The van der Waals surface area contributed by atoms with Crippen molar-refractivity contribution in [3.63, 3.8) is 0 Å². The van der Waals surface area contributed by atoms with Crippen LogP contribution in [0.1, 0.15) is 17.9 Å². The van der Waals surface area contributed by atoms with Gasteiger partial charge in [-0.05, 0) is 42.3 Å². The number of amides is 1. The summed E-state index contributed by atoms with van der Waals surface area (Å²) in [7, 11) is 2.50. The minimum Gasteiger partial charge on any atom is -0.496 e. The Morgan fingerprint density at radius 3 is 2.58 bits per heavy atom. The van der Waals surface area contributed by atoms with Gasteiger partial charge in [0.2, 0.25) is 27.6 Å². The molecule has 0 fully saturated rings. The van der Waals surface area contributed by atoms with Gasteiger partial charge in [0.25, 0.3) is 0 Å². The van der Waals surface area contributed by atoms with Crippen LogP contribution < -0.4 is 4.74 Å². The normalized spacial score (nSPS) is 11.6. The molecule has 0 N–H and O–H groups in total. The first-order valence-corrected chi connectivity index (χ1v) is 12.3. The number of methoxy groups -OCH3 is 1. The number of halogens is 1. The number of ether oxygens (including phenoxy) is 1. The van der Waals surface area contributed by atoms with Crippen LogP contribution in [0.2, 0.25) is 0 Å². The van der Waals surface area contributed by atoms with E-state index < -0.39 is 10.0 Å². The molecule has 0 radical (unpaired) electrons. The molecule has 0 saturated heterocycles. The van der Waals surface area contributed by atoms with Crippen molar-refractivity contribution in [3.05, 3.63) is 58.4 Å². The second-order valence-corrected chi connectivity index (χ2v) is 10.6. The molecule has 0 unspecified atom stereocenters. The number of carbonyl (C=O) groups excluding carboxylic acids is 1. The standard InChI is InChI=1S/C22H25BrN4O5S/c1-26(2)33(29,30)18-9-10-19(31-4)15(13-18)8-11-21(28)27(3)14-20-24-22(25-32-20)16-6-5-7-17(23)12-16/h5-7,9-10,12-13H,8,11,14H2,1-4H3. The Morgan fingerprint density at radius 1 is 1.15 bits per heavy atom. The Hall–Kier alpha value is -2.76. The monoisotopic (exact) mass is 536 g/mol. The van der Waals surface area contributed by atoms with E-state index >= 15 is 0 Å². The van der Waals surface area contributed by atoms with E-state index in [0.29, 0.717) is 29.4 Å². The van der Waals surface area contributed by atoms with Gasteiger partial charge < -0.3 is 14.2 Å². The zero-order chi connectivity index (χ0) is 24.2. The lowest BCUT2D eigenvalue weighted by molar-refractivity contribution is -0.130. The third-order valence-corrected chi connectivity index (χ3v) is 7.29. The van der Waals surface area contributed by atoms with Gasteiger partial charge in [-0.3, -0.25) is 4.79 Å². The van der Waals surface area contributed by atoms with Crippen molar-refractivity contribution >= 4 is 31.9 Å². The number of hydrogen-bond donors (Lipinski definition) is 0. The minimum absolute atomic E-state index is 0.148. The number of aryl methyl sites for hydroxylation is 1. The highest BCUT2D eigenvalue weighted by Crippen LogP contribution is 2.25. The van der Waals surface area contributed by atoms with E-state index in [-0.39, 0.29) is 23.8 Å². The number of hydrogen-bond acceptors (Lipinski definition) is 7. The molecule has 1 heterocycles. The molecule has 1 aromatic heterocycles. The second-order valence-electron chi connectivity index (χ2n) is 7.53. The van der Waals surface area contributed by atoms with Gasteiger partial charge in [-0.2, -0.15) is 4.98 Å². The molecule has 0 bridgehead atoms. The first-order valence-electron chi connectivity index (χ1n) is 10.0. The van der Waals surface area contributed by atoms with Crippen LogP contribution >= 0.6 is 15.9 Å². The maximum absolute atomic E-state index is 12.7. The molecule has 2 aromatic carbocycles. The summed E-state index contributed by atoms with van der Waals surface area (Å²) in [5.74, 6) is 1.13. The lowest BCUT2D eigenvalue weighted by Gasteiger charge is -2.17.